The molecule has 0 bridgehead atoms. The number of hydrogen-bond acceptors (Lipinski definition) is 5. The van der Waals surface area contributed by atoms with Gasteiger partial charge in [-0.25, -0.2) is 0 Å². The van der Waals surface area contributed by atoms with Crippen LogP contribution in [0.15, 0.2) is 16.5 Å². The number of rotatable bonds is 3. The number of carbonyl (C=O) groups excluding carboxylic acids is 1. The van der Waals surface area contributed by atoms with Crippen LogP contribution in [0.2, 0.25) is 0 Å². The number of amides is 1. The zero-order chi connectivity index (χ0) is 12.9. The van der Waals surface area contributed by atoms with Crippen LogP contribution in [0.4, 0.5) is 5.88 Å². The number of hydrogen-bond donors (Lipinski definition) is 1. The van der Waals surface area contributed by atoms with Crippen molar-refractivity contribution in [1.82, 2.24) is 4.90 Å². The average molecular weight is 252 g/mol. The van der Waals surface area contributed by atoms with E-state index in [1.54, 1.807) is 0 Å². The Labute approximate surface area is 102 Å². The fourth-order valence-corrected chi connectivity index (χ4v) is 2.33. The van der Waals surface area contributed by atoms with E-state index in [0.29, 0.717) is 5.92 Å². The standard InChI is InChI=1S/C11H12N2O5/c14-10(8-3-4-9(18-8)13(16)17)12-5-11(15,6-12)7-1-2-7/h3-4,7,15H,1-2,5-6H2. The Morgan fingerprint density at radius 2 is 2.17 bits per heavy atom. The highest BCUT2D eigenvalue weighted by Gasteiger charge is 2.53. The highest BCUT2D eigenvalue weighted by atomic mass is 16.6. The zero-order valence-electron chi connectivity index (χ0n) is 9.54. The number of furan rings is 1. The Morgan fingerprint density at radius 3 is 2.67 bits per heavy atom. The number of nitro groups is 1. The van der Waals surface area contributed by atoms with Crippen molar-refractivity contribution in [2.75, 3.05) is 13.1 Å². The average Bonchev–Trinajstić information content (AvgIpc) is 3.01. The smallest absolute Gasteiger partial charge is 0.395 e. The molecule has 3 rings (SSSR count). The van der Waals surface area contributed by atoms with E-state index in [1.165, 1.54) is 11.0 Å². The van der Waals surface area contributed by atoms with E-state index in [1.807, 2.05) is 0 Å². The maximum Gasteiger partial charge on any atom is 0.433 e. The molecule has 0 radical (unpaired) electrons. The van der Waals surface area contributed by atoms with Crippen molar-refractivity contribution in [2.24, 2.45) is 5.92 Å². The monoisotopic (exact) mass is 252 g/mol. The largest absolute Gasteiger partial charge is 0.433 e. The summed E-state index contributed by atoms with van der Waals surface area (Å²) in [6.45, 7) is 0.565. The molecule has 7 heteroatoms. The number of likely N-dealkylation sites (tertiary alicyclic amines) is 1. The molecule has 18 heavy (non-hydrogen) atoms. The van der Waals surface area contributed by atoms with Crippen LogP contribution in [-0.4, -0.2) is 39.5 Å². The van der Waals surface area contributed by atoms with E-state index >= 15 is 0 Å². The first-order valence-corrected chi connectivity index (χ1v) is 5.75. The number of β-amino-alcohol motifs (C(OH)–C–C–N with tert-alkyl or cyclic N) is 1. The highest BCUT2D eigenvalue weighted by molar-refractivity contribution is 5.92. The van der Waals surface area contributed by atoms with Gasteiger partial charge in [0.1, 0.15) is 10.5 Å². The second kappa shape index (κ2) is 3.55. The SMILES string of the molecule is O=C(c1ccc([N+](=O)[O-])o1)N1CC(O)(C2CC2)C1. The molecule has 0 atom stereocenters. The van der Waals surface area contributed by atoms with Crippen molar-refractivity contribution in [2.45, 2.75) is 18.4 Å². The van der Waals surface area contributed by atoms with Crippen LogP contribution in [0.5, 0.6) is 0 Å². The third-order valence-corrected chi connectivity index (χ3v) is 3.54. The Bertz CT molecular complexity index is 513. The third kappa shape index (κ3) is 1.67. The van der Waals surface area contributed by atoms with Crippen molar-refractivity contribution in [3.05, 3.63) is 28.0 Å². The lowest BCUT2D eigenvalue weighted by Crippen LogP contribution is -2.64. The van der Waals surface area contributed by atoms with E-state index in [0.717, 1.165) is 18.9 Å². The molecule has 2 heterocycles. The summed E-state index contributed by atoms with van der Waals surface area (Å²) in [5.74, 6) is -0.614. The number of carbonyl (C=O) groups is 1. The van der Waals surface area contributed by atoms with Crippen LogP contribution in [0.1, 0.15) is 23.4 Å². The van der Waals surface area contributed by atoms with E-state index in [-0.39, 0.29) is 18.8 Å². The summed E-state index contributed by atoms with van der Waals surface area (Å²) in [5, 5.41) is 20.5. The van der Waals surface area contributed by atoms with Gasteiger partial charge in [0.2, 0.25) is 0 Å². The van der Waals surface area contributed by atoms with Crippen molar-refractivity contribution >= 4 is 11.8 Å². The van der Waals surface area contributed by atoms with Crippen molar-refractivity contribution in [3.8, 4) is 0 Å². The highest BCUT2D eigenvalue weighted by Crippen LogP contribution is 2.44. The lowest BCUT2D eigenvalue weighted by molar-refractivity contribution is -0.402. The van der Waals surface area contributed by atoms with Gasteiger partial charge < -0.3 is 14.4 Å². The maximum absolute atomic E-state index is 11.9. The molecule has 1 amide bonds. The van der Waals surface area contributed by atoms with Crippen molar-refractivity contribution < 1.29 is 19.2 Å². The first-order valence-electron chi connectivity index (χ1n) is 5.75. The van der Waals surface area contributed by atoms with Gasteiger partial charge >= 0.3 is 5.88 Å². The van der Waals surface area contributed by atoms with Crippen LogP contribution in [-0.2, 0) is 0 Å². The predicted octanol–water partition coefficient (Wildman–Crippen LogP) is 0.785. The van der Waals surface area contributed by atoms with Gasteiger partial charge in [0.05, 0.1) is 19.2 Å². The van der Waals surface area contributed by atoms with Gasteiger partial charge in [-0.1, -0.05) is 0 Å². The summed E-state index contributed by atoms with van der Waals surface area (Å²) in [7, 11) is 0. The first-order chi connectivity index (χ1) is 8.49. The number of aliphatic hydroxyl groups is 1. The number of nitrogens with zero attached hydrogens (tertiary/aromatic N) is 2. The molecule has 1 aliphatic heterocycles. The van der Waals surface area contributed by atoms with Crippen molar-refractivity contribution in [1.29, 1.82) is 0 Å². The minimum absolute atomic E-state index is 0.0560. The summed E-state index contributed by atoms with van der Waals surface area (Å²) < 4.78 is 4.84. The van der Waals surface area contributed by atoms with Crippen LogP contribution < -0.4 is 0 Å². The van der Waals surface area contributed by atoms with Crippen molar-refractivity contribution in [3.63, 3.8) is 0 Å². The molecule has 2 aliphatic rings. The molecule has 0 aromatic carbocycles. The van der Waals surface area contributed by atoms with Gasteiger partial charge in [-0.3, -0.25) is 14.9 Å². The molecule has 0 spiro atoms. The maximum atomic E-state index is 11.9. The second-order valence-corrected chi connectivity index (χ2v) is 4.93. The van der Waals surface area contributed by atoms with Gasteiger partial charge in [0.15, 0.2) is 5.76 Å². The molecule has 1 saturated carbocycles. The normalized spacial score (nSPS) is 21.5. The molecule has 1 N–H and O–H groups in total. The molecule has 96 valence electrons. The van der Waals surface area contributed by atoms with E-state index in [4.69, 9.17) is 4.42 Å². The van der Waals surface area contributed by atoms with E-state index in [2.05, 4.69) is 0 Å². The van der Waals surface area contributed by atoms with Gasteiger partial charge in [0.25, 0.3) is 5.91 Å². The summed E-state index contributed by atoms with van der Waals surface area (Å²) >= 11 is 0. The zero-order valence-corrected chi connectivity index (χ0v) is 9.54. The van der Waals surface area contributed by atoms with Crippen LogP contribution in [0.25, 0.3) is 0 Å². The minimum Gasteiger partial charge on any atom is -0.395 e. The Balaban J connectivity index is 1.66. The second-order valence-electron chi connectivity index (χ2n) is 4.93. The lowest BCUT2D eigenvalue weighted by atomic mass is 9.88. The van der Waals surface area contributed by atoms with Crippen LogP contribution >= 0.6 is 0 Å². The Hall–Kier alpha value is -1.89. The molecular weight excluding hydrogens is 240 g/mol. The molecule has 1 aromatic heterocycles. The fraction of sp³-hybridized carbons (Fsp3) is 0.545. The summed E-state index contributed by atoms with van der Waals surface area (Å²) in [4.78, 5) is 23.1. The Kier molecular flexibility index (Phi) is 2.21. The van der Waals surface area contributed by atoms with Crippen LogP contribution in [0, 0.1) is 16.0 Å². The molecule has 1 aliphatic carbocycles. The van der Waals surface area contributed by atoms with Crippen LogP contribution in [0.3, 0.4) is 0 Å². The third-order valence-electron chi connectivity index (χ3n) is 3.54. The van der Waals surface area contributed by atoms with Gasteiger partial charge in [-0.05, 0) is 24.8 Å². The van der Waals surface area contributed by atoms with E-state index < -0.39 is 22.3 Å². The summed E-state index contributed by atoms with van der Waals surface area (Å²) in [5.41, 5.74) is -0.756. The molecule has 1 aromatic rings. The lowest BCUT2D eigenvalue weighted by Gasteiger charge is -2.46. The molecule has 0 unspecified atom stereocenters. The molecular formula is C11H12N2O5. The molecule has 7 nitrogen and oxygen atoms in total. The van der Waals surface area contributed by atoms with E-state index in [9.17, 15) is 20.0 Å². The first kappa shape index (κ1) is 11.2. The molecule has 1 saturated heterocycles. The van der Waals surface area contributed by atoms with Gasteiger partial charge in [0, 0.05) is 0 Å². The summed E-state index contributed by atoms with van der Waals surface area (Å²) in [6.07, 6.45) is 2.01. The quantitative estimate of drug-likeness (QED) is 0.633. The minimum atomic E-state index is -0.756. The van der Waals surface area contributed by atoms with Gasteiger partial charge in [-0.15, -0.1) is 0 Å². The fourth-order valence-electron chi connectivity index (χ4n) is 2.33. The topological polar surface area (TPSA) is 96.8 Å². The predicted molar refractivity (Wildman–Crippen MR) is 58.9 cm³/mol. The summed E-state index contributed by atoms with van der Waals surface area (Å²) in [6, 6.07) is 2.44. The van der Waals surface area contributed by atoms with Gasteiger partial charge in [-0.2, -0.15) is 0 Å². The Morgan fingerprint density at radius 1 is 1.50 bits per heavy atom. The molecule has 2 fully saturated rings.